The molecule has 7 heteroatoms. The van der Waals surface area contributed by atoms with Crippen molar-refractivity contribution in [1.82, 2.24) is 4.90 Å². The molecule has 4 aromatic rings. The molecule has 0 unspecified atom stereocenters. The van der Waals surface area contributed by atoms with Gasteiger partial charge in [-0.1, -0.05) is 36.4 Å². The molecule has 0 saturated carbocycles. The zero-order valence-corrected chi connectivity index (χ0v) is 19.0. The third-order valence-corrected chi connectivity index (χ3v) is 6.36. The molecule has 1 aliphatic rings. The molecule has 3 aromatic carbocycles. The number of hydrogen-bond donors (Lipinski definition) is 0. The van der Waals surface area contributed by atoms with Gasteiger partial charge < -0.3 is 9.15 Å². The van der Waals surface area contributed by atoms with Crippen LogP contribution in [0.5, 0.6) is 5.75 Å². The molecule has 0 aliphatic carbocycles. The summed E-state index contributed by atoms with van der Waals surface area (Å²) < 4.78 is 63.5. The van der Waals surface area contributed by atoms with Crippen LogP contribution < -0.4 is 4.74 Å². The van der Waals surface area contributed by atoms with Gasteiger partial charge in [-0.15, -0.1) is 0 Å². The Labute approximate surface area is 200 Å². The van der Waals surface area contributed by atoms with Gasteiger partial charge in [0.05, 0.1) is 12.7 Å². The van der Waals surface area contributed by atoms with Crippen molar-refractivity contribution >= 4 is 16.5 Å². The molecule has 35 heavy (non-hydrogen) atoms. The largest absolute Gasteiger partial charge is 0.493 e. The predicted molar refractivity (Wildman–Crippen MR) is 127 cm³/mol. The van der Waals surface area contributed by atoms with E-state index in [1.807, 2.05) is 18.2 Å². The highest BCUT2D eigenvalue weighted by Gasteiger charge is 2.30. The fourth-order valence-corrected chi connectivity index (χ4v) is 4.44. The van der Waals surface area contributed by atoms with Crippen LogP contribution in [0.3, 0.4) is 0 Å². The maximum Gasteiger partial charge on any atom is 0.416 e. The van der Waals surface area contributed by atoms with Crippen molar-refractivity contribution in [2.24, 2.45) is 0 Å². The Kier molecular flexibility index (Phi) is 6.11. The normalized spacial score (nSPS) is 14.8. The minimum Gasteiger partial charge on any atom is -0.493 e. The standard InChI is InChI=1S/C28H23F4NO2/c1-34-25-11-6-21(17-33-14-12-19(13-15-33)18-4-9-23(29)10-5-18)24-16-26(35-27(24)25)20-2-7-22(8-3-20)28(30,31)32/h2-12,16H,13-15,17H2,1H3. The first-order valence-electron chi connectivity index (χ1n) is 11.3. The third kappa shape index (κ3) is 4.82. The van der Waals surface area contributed by atoms with Gasteiger partial charge in [0.1, 0.15) is 11.6 Å². The molecule has 0 amide bonds. The molecule has 1 aliphatic heterocycles. The Morgan fingerprint density at radius 1 is 0.943 bits per heavy atom. The number of furan rings is 1. The van der Waals surface area contributed by atoms with E-state index < -0.39 is 11.7 Å². The van der Waals surface area contributed by atoms with Crippen LogP contribution in [0.2, 0.25) is 0 Å². The summed E-state index contributed by atoms with van der Waals surface area (Å²) in [5, 5.41) is 0.868. The zero-order valence-electron chi connectivity index (χ0n) is 19.0. The van der Waals surface area contributed by atoms with Gasteiger partial charge in [0.25, 0.3) is 0 Å². The number of rotatable bonds is 5. The number of halogens is 4. The number of methoxy groups -OCH3 is 1. The van der Waals surface area contributed by atoms with E-state index >= 15 is 0 Å². The van der Waals surface area contributed by atoms with E-state index in [1.165, 1.54) is 29.8 Å². The fraction of sp³-hybridized carbons (Fsp3) is 0.214. The molecule has 0 saturated heterocycles. The Morgan fingerprint density at radius 3 is 2.29 bits per heavy atom. The summed E-state index contributed by atoms with van der Waals surface area (Å²) in [5.41, 5.74) is 3.71. The number of nitrogens with zero attached hydrogens (tertiary/aromatic N) is 1. The molecule has 3 nitrogen and oxygen atoms in total. The summed E-state index contributed by atoms with van der Waals surface area (Å²) >= 11 is 0. The summed E-state index contributed by atoms with van der Waals surface area (Å²) in [6, 6.07) is 17.2. The lowest BCUT2D eigenvalue weighted by Gasteiger charge is -2.26. The average Bonchev–Trinajstić information content (AvgIpc) is 3.31. The van der Waals surface area contributed by atoms with Crippen molar-refractivity contribution in [3.63, 3.8) is 0 Å². The van der Waals surface area contributed by atoms with Crippen LogP contribution in [-0.2, 0) is 12.7 Å². The van der Waals surface area contributed by atoms with E-state index in [4.69, 9.17) is 9.15 Å². The van der Waals surface area contributed by atoms with Crippen LogP contribution in [-0.4, -0.2) is 25.1 Å². The molecular weight excluding hydrogens is 458 g/mol. The van der Waals surface area contributed by atoms with Crippen LogP contribution in [0.15, 0.2) is 77.2 Å². The van der Waals surface area contributed by atoms with Gasteiger partial charge in [-0.25, -0.2) is 4.39 Å². The predicted octanol–water partition coefficient (Wildman–Crippen LogP) is 7.56. The van der Waals surface area contributed by atoms with Gasteiger partial charge in [-0.3, -0.25) is 4.90 Å². The summed E-state index contributed by atoms with van der Waals surface area (Å²) in [4.78, 5) is 2.30. The van der Waals surface area contributed by atoms with Gasteiger partial charge in [0, 0.05) is 30.6 Å². The molecule has 2 heterocycles. The molecule has 180 valence electrons. The second-order valence-corrected chi connectivity index (χ2v) is 8.58. The first-order chi connectivity index (χ1) is 16.8. The van der Waals surface area contributed by atoms with E-state index in [-0.39, 0.29) is 5.82 Å². The third-order valence-electron chi connectivity index (χ3n) is 6.36. The molecule has 0 atom stereocenters. The Morgan fingerprint density at radius 2 is 1.66 bits per heavy atom. The summed E-state index contributed by atoms with van der Waals surface area (Å²) in [6.07, 6.45) is -1.37. The summed E-state index contributed by atoms with van der Waals surface area (Å²) in [6.45, 7) is 2.28. The minimum absolute atomic E-state index is 0.244. The maximum absolute atomic E-state index is 13.2. The number of hydrogen-bond acceptors (Lipinski definition) is 3. The Balaban J connectivity index is 1.40. The lowest BCUT2D eigenvalue weighted by molar-refractivity contribution is -0.137. The molecule has 0 radical (unpaired) electrons. The minimum atomic E-state index is -4.39. The maximum atomic E-state index is 13.2. The molecular formula is C28H23F4NO2. The SMILES string of the molecule is COc1ccc(CN2CC=C(c3ccc(F)cc3)CC2)c2cc(-c3ccc(C(F)(F)F)cc3)oc12. The monoisotopic (exact) mass is 481 g/mol. The Bertz CT molecular complexity index is 1370. The second kappa shape index (κ2) is 9.23. The van der Waals surface area contributed by atoms with Crippen molar-refractivity contribution in [3.05, 3.63) is 95.3 Å². The highest BCUT2D eigenvalue weighted by molar-refractivity contribution is 5.90. The average molecular weight is 481 g/mol. The van der Waals surface area contributed by atoms with Crippen molar-refractivity contribution in [2.75, 3.05) is 20.2 Å². The smallest absolute Gasteiger partial charge is 0.416 e. The molecule has 1 aromatic heterocycles. The van der Waals surface area contributed by atoms with Gasteiger partial charge in [0.15, 0.2) is 11.3 Å². The van der Waals surface area contributed by atoms with E-state index in [9.17, 15) is 17.6 Å². The van der Waals surface area contributed by atoms with Crippen molar-refractivity contribution in [3.8, 4) is 17.1 Å². The number of ether oxygens (including phenoxy) is 1. The van der Waals surface area contributed by atoms with E-state index in [2.05, 4.69) is 11.0 Å². The van der Waals surface area contributed by atoms with E-state index in [0.717, 1.165) is 48.2 Å². The highest BCUT2D eigenvalue weighted by Crippen LogP contribution is 2.37. The van der Waals surface area contributed by atoms with E-state index in [0.29, 0.717) is 29.2 Å². The molecule has 0 spiro atoms. The summed E-state index contributed by atoms with van der Waals surface area (Å²) in [5.74, 6) is 0.807. The number of benzene rings is 3. The molecule has 0 fully saturated rings. The quantitative estimate of drug-likeness (QED) is 0.275. The van der Waals surface area contributed by atoms with Crippen molar-refractivity contribution in [2.45, 2.75) is 19.1 Å². The lowest BCUT2D eigenvalue weighted by Crippen LogP contribution is -2.28. The van der Waals surface area contributed by atoms with Gasteiger partial charge in [-0.2, -0.15) is 13.2 Å². The Hall–Kier alpha value is -3.58. The first-order valence-corrected chi connectivity index (χ1v) is 11.3. The van der Waals surface area contributed by atoms with Crippen LogP contribution in [0.1, 0.15) is 23.1 Å². The first kappa shape index (κ1) is 23.2. The van der Waals surface area contributed by atoms with Crippen LogP contribution >= 0.6 is 0 Å². The zero-order chi connectivity index (χ0) is 24.6. The number of alkyl halides is 3. The second-order valence-electron chi connectivity index (χ2n) is 8.58. The summed E-state index contributed by atoms with van der Waals surface area (Å²) in [7, 11) is 1.56. The van der Waals surface area contributed by atoms with Gasteiger partial charge in [-0.05, 0) is 59.5 Å². The number of fused-ring (bicyclic) bond motifs is 1. The van der Waals surface area contributed by atoms with E-state index in [1.54, 1.807) is 19.2 Å². The van der Waals surface area contributed by atoms with Gasteiger partial charge in [0.2, 0.25) is 0 Å². The van der Waals surface area contributed by atoms with Gasteiger partial charge >= 0.3 is 6.18 Å². The molecule has 0 N–H and O–H groups in total. The highest BCUT2D eigenvalue weighted by atomic mass is 19.4. The van der Waals surface area contributed by atoms with Crippen LogP contribution in [0, 0.1) is 5.82 Å². The van der Waals surface area contributed by atoms with Crippen LogP contribution in [0.4, 0.5) is 17.6 Å². The topological polar surface area (TPSA) is 25.6 Å². The molecule has 0 bridgehead atoms. The lowest BCUT2D eigenvalue weighted by atomic mass is 9.99. The van der Waals surface area contributed by atoms with Crippen molar-refractivity contribution in [1.29, 1.82) is 0 Å². The van der Waals surface area contributed by atoms with Crippen molar-refractivity contribution < 1.29 is 26.7 Å². The van der Waals surface area contributed by atoms with Crippen LogP contribution in [0.25, 0.3) is 27.9 Å². The fourth-order valence-electron chi connectivity index (χ4n) is 4.44. The molecule has 5 rings (SSSR count).